The average molecular weight is 220 g/mol. The van der Waals surface area contributed by atoms with Gasteiger partial charge in [0, 0.05) is 5.92 Å². The summed E-state index contributed by atoms with van der Waals surface area (Å²) in [6.07, 6.45) is 5.35. The summed E-state index contributed by atoms with van der Waals surface area (Å²) in [7, 11) is 0. The summed E-state index contributed by atoms with van der Waals surface area (Å²) in [5.41, 5.74) is 3.29. The van der Waals surface area contributed by atoms with Crippen LogP contribution in [0.2, 0.25) is 0 Å². The highest BCUT2D eigenvalue weighted by atomic mass is 16.6. The van der Waals surface area contributed by atoms with Gasteiger partial charge in [-0.1, -0.05) is 12.5 Å². The molecule has 1 unspecified atom stereocenters. The molecule has 3 atom stereocenters. The summed E-state index contributed by atoms with van der Waals surface area (Å²) in [6.45, 7) is 2.21. The Kier molecular flexibility index (Phi) is 2.09. The third-order valence-corrected chi connectivity index (χ3v) is 4.20. The number of hydrogen-bond donors (Lipinski definition) is 1. The van der Waals surface area contributed by atoms with Crippen molar-refractivity contribution in [3.05, 3.63) is 23.0 Å². The van der Waals surface area contributed by atoms with Crippen molar-refractivity contribution in [3.8, 4) is 0 Å². The fraction of sp³-hybridized carbons (Fsp3) is 0.615. The number of aliphatic hydroxyl groups is 1. The number of fused-ring (bicyclic) bond motifs is 2. The highest BCUT2D eigenvalue weighted by molar-refractivity contribution is 5.92. The maximum Gasteiger partial charge on any atom is 0.338 e. The number of ether oxygens (including phenoxy) is 1. The number of allylic oxidation sites excluding steroid dienone is 1. The van der Waals surface area contributed by atoms with Gasteiger partial charge in [-0.15, -0.1) is 0 Å². The van der Waals surface area contributed by atoms with E-state index >= 15 is 0 Å². The molecule has 0 spiro atoms. The molecule has 0 radical (unpaired) electrons. The molecule has 1 aliphatic heterocycles. The van der Waals surface area contributed by atoms with Crippen LogP contribution in [0.25, 0.3) is 0 Å². The summed E-state index contributed by atoms with van der Waals surface area (Å²) in [4.78, 5) is 11.5. The van der Waals surface area contributed by atoms with Gasteiger partial charge in [0.1, 0.15) is 6.10 Å². The molecule has 3 nitrogen and oxygen atoms in total. The summed E-state index contributed by atoms with van der Waals surface area (Å²) in [5, 5.41) is 9.10. The molecule has 0 amide bonds. The van der Waals surface area contributed by atoms with Crippen LogP contribution in [-0.4, -0.2) is 17.2 Å². The topological polar surface area (TPSA) is 46.5 Å². The Morgan fingerprint density at radius 1 is 1.50 bits per heavy atom. The second-order valence-corrected chi connectivity index (χ2v) is 5.07. The van der Waals surface area contributed by atoms with Gasteiger partial charge in [-0.25, -0.2) is 4.79 Å². The maximum absolute atomic E-state index is 11.5. The van der Waals surface area contributed by atoms with Gasteiger partial charge in [-0.2, -0.15) is 0 Å². The van der Waals surface area contributed by atoms with E-state index in [2.05, 4.69) is 6.92 Å². The van der Waals surface area contributed by atoms with Gasteiger partial charge < -0.3 is 9.84 Å². The van der Waals surface area contributed by atoms with Gasteiger partial charge in [0.05, 0.1) is 11.8 Å². The van der Waals surface area contributed by atoms with Crippen molar-refractivity contribution >= 4 is 5.97 Å². The lowest BCUT2D eigenvalue weighted by atomic mass is 9.84. The van der Waals surface area contributed by atoms with E-state index in [1.807, 2.05) is 0 Å². The van der Waals surface area contributed by atoms with Crippen LogP contribution < -0.4 is 0 Å². The Hall–Kier alpha value is -1.25. The van der Waals surface area contributed by atoms with Crippen molar-refractivity contribution in [2.45, 2.75) is 38.7 Å². The molecule has 1 N–H and O–H groups in total. The first kappa shape index (κ1) is 9.94. The lowest BCUT2D eigenvalue weighted by Crippen LogP contribution is -2.19. The monoisotopic (exact) mass is 220 g/mol. The minimum Gasteiger partial charge on any atom is -0.515 e. The third kappa shape index (κ3) is 1.17. The number of esters is 1. The van der Waals surface area contributed by atoms with Gasteiger partial charge in [-0.05, 0) is 37.2 Å². The molecule has 3 aliphatic rings. The van der Waals surface area contributed by atoms with Crippen molar-refractivity contribution in [1.82, 2.24) is 0 Å². The van der Waals surface area contributed by atoms with E-state index in [0.29, 0.717) is 11.5 Å². The summed E-state index contributed by atoms with van der Waals surface area (Å²) in [5.74, 6) is 0.287. The largest absolute Gasteiger partial charge is 0.515 e. The minimum absolute atomic E-state index is 0.0730. The zero-order valence-electron chi connectivity index (χ0n) is 9.40. The molecule has 2 aliphatic carbocycles. The van der Waals surface area contributed by atoms with Gasteiger partial charge in [0.25, 0.3) is 0 Å². The highest BCUT2D eigenvalue weighted by Crippen LogP contribution is 2.50. The standard InChI is InChI=1S/C13H16O3/c1-7-3-2-4-8-5-9-10(6-14)13(15)16-12(9)11(7)8/h6-7,9,12,14H,2-5H2,1H3/b10-6+/t7?,9-,12+/m1/s1. The molecule has 0 aromatic carbocycles. The molecule has 1 saturated heterocycles. The molecule has 3 heteroatoms. The Morgan fingerprint density at radius 2 is 2.31 bits per heavy atom. The SMILES string of the molecule is CC1CCCC2=C1[C@H]1OC(=O)/C(=C/O)[C@H]1C2. The Bertz CT molecular complexity index is 405. The summed E-state index contributed by atoms with van der Waals surface area (Å²) >= 11 is 0. The van der Waals surface area contributed by atoms with E-state index in [0.717, 1.165) is 19.1 Å². The van der Waals surface area contributed by atoms with E-state index in [-0.39, 0.29) is 18.0 Å². The van der Waals surface area contributed by atoms with E-state index in [1.54, 1.807) is 0 Å². The second-order valence-electron chi connectivity index (χ2n) is 5.07. The van der Waals surface area contributed by atoms with Crippen LogP contribution in [0.15, 0.2) is 23.0 Å². The number of carbonyl (C=O) groups excluding carboxylic acids is 1. The normalized spacial score (nSPS) is 39.9. The molecule has 0 aromatic rings. The second kappa shape index (κ2) is 3.37. The van der Waals surface area contributed by atoms with E-state index in [9.17, 15) is 4.79 Å². The molecule has 0 saturated carbocycles. The zero-order valence-corrected chi connectivity index (χ0v) is 9.40. The molecular formula is C13H16O3. The van der Waals surface area contributed by atoms with E-state index < -0.39 is 0 Å². The van der Waals surface area contributed by atoms with Crippen molar-refractivity contribution < 1.29 is 14.6 Å². The predicted molar refractivity (Wildman–Crippen MR) is 58.7 cm³/mol. The minimum atomic E-state index is -0.332. The summed E-state index contributed by atoms with van der Waals surface area (Å²) < 4.78 is 5.40. The first-order chi connectivity index (χ1) is 7.72. The fourth-order valence-corrected chi connectivity index (χ4v) is 3.46. The number of hydrogen-bond acceptors (Lipinski definition) is 3. The number of aliphatic hydroxyl groups excluding tert-OH is 1. The molecular weight excluding hydrogens is 204 g/mol. The van der Waals surface area contributed by atoms with Crippen LogP contribution in [0.1, 0.15) is 32.6 Å². The van der Waals surface area contributed by atoms with Gasteiger partial charge in [0.2, 0.25) is 0 Å². The molecule has 1 fully saturated rings. The van der Waals surface area contributed by atoms with Crippen molar-refractivity contribution in [2.75, 3.05) is 0 Å². The van der Waals surface area contributed by atoms with Crippen LogP contribution in [0.5, 0.6) is 0 Å². The maximum atomic E-state index is 11.5. The van der Waals surface area contributed by atoms with Crippen LogP contribution in [0.3, 0.4) is 0 Å². The quantitative estimate of drug-likeness (QED) is 0.295. The molecule has 0 aromatic heterocycles. The highest BCUT2D eigenvalue weighted by Gasteiger charge is 2.49. The number of carbonyl (C=O) groups is 1. The lowest BCUT2D eigenvalue weighted by Gasteiger charge is -2.24. The Morgan fingerprint density at radius 3 is 3.06 bits per heavy atom. The predicted octanol–water partition coefficient (Wildman–Crippen LogP) is 2.49. The molecule has 16 heavy (non-hydrogen) atoms. The van der Waals surface area contributed by atoms with Crippen LogP contribution >= 0.6 is 0 Å². The fourth-order valence-electron chi connectivity index (χ4n) is 3.46. The molecule has 3 rings (SSSR count). The van der Waals surface area contributed by atoms with Gasteiger partial charge >= 0.3 is 5.97 Å². The van der Waals surface area contributed by atoms with E-state index in [1.165, 1.54) is 24.0 Å². The van der Waals surface area contributed by atoms with Gasteiger partial charge in [-0.3, -0.25) is 0 Å². The first-order valence-corrected chi connectivity index (χ1v) is 5.99. The van der Waals surface area contributed by atoms with Crippen molar-refractivity contribution in [2.24, 2.45) is 11.8 Å². The van der Waals surface area contributed by atoms with Crippen molar-refractivity contribution in [3.63, 3.8) is 0 Å². The average Bonchev–Trinajstić information content (AvgIpc) is 2.72. The number of rotatable bonds is 0. The smallest absolute Gasteiger partial charge is 0.338 e. The Balaban J connectivity index is 1.98. The lowest BCUT2D eigenvalue weighted by molar-refractivity contribution is -0.138. The third-order valence-electron chi connectivity index (χ3n) is 4.20. The van der Waals surface area contributed by atoms with Crippen LogP contribution in [-0.2, 0) is 9.53 Å². The van der Waals surface area contributed by atoms with Gasteiger partial charge in [0.15, 0.2) is 0 Å². The molecule has 0 bridgehead atoms. The van der Waals surface area contributed by atoms with Crippen LogP contribution in [0.4, 0.5) is 0 Å². The summed E-state index contributed by atoms with van der Waals surface area (Å²) in [6, 6.07) is 0. The Labute approximate surface area is 94.8 Å². The zero-order chi connectivity index (χ0) is 11.3. The molecule has 86 valence electrons. The molecule has 1 heterocycles. The van der Waals surface area contributed by atoms with Crippen LogP contribution in [0, 0.1) is 11.8 Å². The first-order valence-electron chi connectivity index (χ1n) is 5.99. The van der Waals surface area contributed by atoms with Crippen molar-refractivity contribution in [1.29, 1.82) is 0 Å². The van der Waals surface area contributed by atoms with E-state index in [4.69, 9.17) is 9.84 Å².